The van der Waals surface area contributed by atoms with Crippen LogP contribution in [0.3, 0.4) is 0 Å². The van der Waals surface area contributed by atoms with Crippen LogP contribution in [0.2, 0.25) is 0 Å². The van der Waals surface area contributed by atoms with Gasteiger partial charge in [-0.15, -0.1) is 0 Å². The molecule has 0 unspecified atom stereocenters. The van der Waals surface area contributed by atoms with Gasteiger partial charge in [-0.25, -0.2) is 4.31 Å². The van der Waals surface area contributed by atoms with Gasteiger partial charge in [0.05, 0.1) is 14.2 Å². The summed E-state index contributed by atoms with van der Waals surface area (Å²) in [4.78, 5) is 0. The fourth-order valence-electron chi connectivity index (χ4n) is 1.95. The van der Waals surface area contributed by atoms with Crippen molar-refractivity contribution in [1.29, 1.82) is 0 Å². The summed E-state index contributed by atoms with van der Waals surface area (Å²) in [6.45, 7) is 2.11. The Balaban J connectivity index is 2.08. The van der Waals surface area contributed by atoms with E-state index < -0.39 is 0 Å². The second-order valence-corrected chi connectivity index (χ2v) is 5.26. The van der Waals surface area contributed by atoms with Crippen molar-refractivity contribution in [2.45, 2.75) is 19.4 Å². The van der Waals surface area contributed by atoms with Crippen molar-refractivity contribution >= 4 is 11.9 Å². The predicted molar refractivity (Wildman–Crippen MR) is 71.6 cm³/mol. The van der Waals surface area contributed by atoms with Crippen molar-refractivity contribution < 1.29 is 9.47 Å². The summed E-state index contributed by atoms with van der Waals surface area (Å²) in [5.41, 5.74) is 1.22. The molecule has 2 rings (SSSR count). The normalized spacial score (nSPS) is 16.8. The number of hydrogen-bond donors (Lipinski definition) is 0. The highest BCUT2D eigenvalue weighted by molar-refractivity contribution is 7.97. The molecule has 0 atom stereocenters. The van der Waals surface area contributed by atoms with E-state index in [9.17, 15) is 0 Å². The van der Waals surface area contributed by atoms with E-state index in [1.54, 1.807) is 14.2 Å². The topological polar surface area (TPSA) is 21.7 Å². The molecule has 0 radical (unpaired) electrons. The Hall–Kier alpha value is -0.870. The van der Waals surface area contributed by atoms with Crippen molar-refractivity contribution in [2.24, 2.45) is 0 Å². The highest BCUT2D eigenvalue weighted by atomic mass is 32.2. The molecule has 0 saturated carbocycles. The minimum atomic E-state index is 0.844. The Morgan fingerprint density at radius 2 is 2.12 bits per heavy atom. The first-order chi connectivity index (χ1) is 8.33. The average Bonchev–Trinajstić information content (AvgIpc) is 2.40. The highest BCUT2D eigenvalue weighted by Gasteiger charge is 2.14. The first-order valence-corrected chi connectivity index (χ1v) is 6.86. The molecule has 1 aromatic carbocycles. The van der Waals surface area contributed by atoms with Gasteiger partial charge in [-0.05, 0) is 18.9 Å². The van der Waals surface area contributed by atoms with Gasteiger partial charge in [0.25, 0.3) is 0 Å². The molecule has 17 heavy (non-hydrogen) atoms. The van der Waals surface area contributed by atoms with Crippen molar-refractivity contribution in [3.8, 4) is 11.5 Å². The molecular weight excluding hydrogens is 234 g/mol. The van der Waals surface area contributed by atoms with Crippen molar-refractivity contribution in [1.82, 2.24) is 4.31 Å². The van der Waals surface area contributed by atoms with Gasteiger partial charge in [-0.2, -0.15) is 0 Å². The summed E-state index contributed by atoms with van der Waals surface area (Å²) in [5, 5.41) is 0. The van der Waals surface area contributed by atoms with Gasteiger partial charge in [0.15, 0.2) is 0 Å². The van der Waals surface area contributed by atoms with Crippen LogP contribution in [-0.2, 0) is 6.54 Å². The van der Waals surface area contributed by atoms with E-state index in [1.165, 1.54) is 30.7 Å². The fourth-order valence-corrected chi connectivity index (χ4v) is 3.03. The third-order valence-corrected chi connectivity index (χ3v) is 4.06. The molecule has 0 aromatic heterocycles. The van der Waals surface area contributed by atoms with Gasteiger partial charge >= 0.3 is 0 Å². The van der Waals surface area contributed by atoms with E-state index >= 15 is 0 Å². The Morgan fingerprint density at radius 1 is 1.24 bits per heavy atom. The minimum Gasteiger partial charge on any atom is -0.497 e. The van der Waals surface area contributed by atoms with Crippen LogP contribution in [-0.4, -0.2) is 30.8 Å². The van der Waals surface area contributed by atoms with Crippen LogP contribution in [0.5, 0.6) is 11.5 Å². The molecule has 0 bridgehead atoms. The molecule has 0 amide bonds. The van der Waals surface area contributed by atoms with Crippen LogP contribution in [0.25, 0.3) is 0 Å². The fraction of sp³-hybridized carbons (Fsp3) is 0.538. The minimum absolute atomic E-state index is 0.844. The van der Waals surface area contributed by atoms with E-state index in [4.69, 9.17) is 9.47 Å². The summed E-state index contributed by atoms with van der Waals surface area (Å²) >= 11 is 1.93. The van der Waals surface area contributed by atoms with Crippen LogP contribution in [0.4, 0.5) is 0 Å². The molecule has 1 saturated heterocycles. The maximum Gasteiger partial charge on any atom is 0.127 e. The van der Waals surface area contributed by atoms with Crippen molar-refractivity contribution in [3.05, 3.63) is 23.8 Å². The molecule has 1 heterocycles. The monoisotopic (exact) mass is 253 g/mol. The molecule has 1 aliphatic rings. The smallest absolute Gasteiger partial charge is 0.127 e. The number of benzene rings is 1. The maximum absolute atomic E-state index is 5.41. The lowest BCUT2D eigenvalue weighted by atomic mass is 10.2. The lowest BCUT2D eigenvalue weighted by Crippen LogP contribution is -2.21. The Morgan fingerprint density at radius 3 is 2.76 bits per heavy atom. The van der Waals surface area contributed by atoms with Gasteiger partial charge in [0, 0.05) is 30.5 Å². The summed E-state index contributed by atoms with van der Waals surface area (Å²) in [6.07, 6.45) is 2.63. The number of methoxy groups -OCH3 is 2. The zero-order valence-corrected chi connectivity index (χ0v) is 11.3. The number of rotatable bonds is 4. The molecule has 94 valence electrons. The quantitative estimate of drug-likeness (QED) is 0.769. The summed E-state index contributed by atoms with van der Waals surface area (Å²) < 4.78 is 13.0. The molecule has 4 heteroatoms. The van der Waals surface area contributed by atoms with E-state index in [1.807, 2.05) is 24.1 Å². The van der Waals surface area contributed by atoms with Crippen molar-refractivity contribution in [2.75, 3.05) is 26.5 Å². The number of hydrogen-bond acceptors (Lipinski definition) is 4. The van der Waals surface area contributed by atoms with Crippen LogP contribution >= 0.6 is 11.9 Å². The second kappa shape index (κ2) is 6.17. The van der Waals surface area contributed by atoms with Gasteiger partial charge < -0.3 is 9.47 Å². The van der Waals surface area contributed by atoms with Crippen LogP contribution in [0.15, 0.2) is 18.2 Å². The SMILES string of the molecule is COc1ccc(CN2CCCCS2)c(OC)c1. The lowest BCUT2D eigenvalue weighted by Gasteiger charge is -2.25. The van der Waals surface area contributed by atoms with Gasteiger partial charge in [0.1, 0.15) is 11.5 Å². The van der Waals surface area contributed by atoms with Crippen LogP contribution < -0.4 is 9.47 Å². The third-order valence-electron chi connectivity index (χ3n) is 2.92. The van der Waals surface area contributed by atoms with E-state index in [2.05, 4.69) is 10.4 Å². The Kier molecular flexibility index (Phi) is 4.57. The van der Waals surface area contributed by atoms with Gasteiger partial charge in [-0.3, -0.25) is 0 Å². The zero-order valence-electron chi connectivity index (χ0n) is 10.4. The average molecular weight is 253 g/mol. The van der Waals surface area contributed by atoms with E-state index in [-0.39, 0.29) is 0 Å². The number of nitrogens with zero attached hydrogens (tertiary/aromatic N) is 1. The van der Waals surface area contributed by atoms with E-state index in [0.29, 0.717) is 0 Å². The summed E-state index contributed by atoms with van der Waals surface area (Å²) in [5.74, 6) is 2.99. The Bertz CT molecular complexity index is 364. The molecular formula is C13H19NO2S. The molecule has 3 nitrogen and oxygen atoms in total. The predicted octanol–water partition coefficient (Wildman–Crippen LogP) is 2.95. The first-order valence-electron chi connectivity index (χ1n) is 5.92. The maximum atomic E-state index is 5.41. The Labute approximate surface area is 107 Å². The highest BCUT2D eigenvalue weighted by Crippen LogP contribution is 2.29. The molecule has 0 spiro atoms. The standard InChI is InChI=1S/C13H19NO2S/c1-15-12-6-5-11(13(9-12)16-2)10-14-7-3-4-8-17-14/h5-6,9H,3-4,7-8,10H2,1-2H3. The zero-order chi connectivity index (χ0) is 12.1. The lowest BCUT2D eigenvalue weighted by molar-refractivity contribution is 0.379. The second-order valence-electron chi connectivity index (χ2n) is 4.08. The third kappa shape index (κ3) is 3.30. The number of ether oxygens (including phenoxy) is 2. The van der Waals surface area contributed by atoms with E-state index in [0.717, 1.165) is 18.0 Å². The molecule has 0 aliphatic carbocycles. The molecule has 0 N–H and O–H groups in total. The molecule has 1 aromatic rings. The summed E-state index contributed by atoms with van der Waals surface area (Å²) in [6, 6.07) is 6.03. The van der Waals surface area contributed by atoms with Crippen LogP contribution in [0.1, 0.15) is 18.4 Å². The van der Waals surface area contributed by atoms with Gasteiger partial charge in [-0.1, -0.05) is 18.0 Å². The summed E-state index contributed by atoms with van der Waals surface area (Å²) in [7, 11) is 3.39. The van der Waals surface area contributed by atoms with Crippen LogP contribution in [0, 0.1) is 0 Å². The van der Waals surface area contributed by atoms with Gasteiger partial charge in [0.2, 0.25) is 0 Å². The largest absolute Gasteiger partial charge is 0.497 e. The molecule has 1 fully saturated rings. The van der Waals surface area contributed by atoms with Crippen molar-refractivity contribution in [3.63, 3.8) is 0 Å². The molecule has 1 aliphatic heterocycles. The first kappa shape index (κ1) is 12.6.